The predicted octanol–water partition coefficient (Wildman–Crippen LogP) is 2.81. The summed E-state index contributed by atoms with van der Waals surface area (Å²) in [5, 5.41) is 0. The Balaban J connectivity index is 2.32. The lowest BCUT2D eigenvalue weighted by molar-refractivity contribution is 0.0671. The van der Waals surface area contributed by atoms with Crippen LogP contribution in [0.15, 0.2) is 18.2 Å². The number of nitrogen functional groups attached to an aromatic ring is 1. The Morgan fingerprint density at radius 3 is 2.89 bits per heavy atom. The Morgan fingerprint density at radius 1 is 1.50 bits per heavy atom. The summed E-state index contributed by atoms with van der Waals surface area (Å²) in [7, 11) is 0. The minimum Gasteiger partial charge on any atom is -0.399 e. The Hall–Kier alpha value is -1.58. The summed E-state index contributed by atoms with van der Waals surface area (Å²) >= 11 is 0. The molecular weight excluding hydrogens is 231 g/mol. The first-order valence-electron chi connectivity index (χ1n) is 6.42. The lowest BCUT2D eigenvalue weighted by atomic mass is 10.1. The van der Waals surface area contributed by atoms with Crippen LogP contribution in [0.1, 0.15) is 43.5 Å². The lowest BCUT2D eigenvalue weighted by Gasteiger charge is -2.28. The van der Waals surface area contributed by atoms with E-state index in [2.05, 4.69) is 6.92 Å². The summed E-state index contributed by atoms with van der Waals surface area (Å²) in [5.74, 6) is -0.736. The number of anilines is 1. The number of rotatable bonds is 2. The number of amides is 1. The summed E-state index contributed by atoms with van der Waals surface area (Å²) in [5.41, 5.74) is 6.13. The van der Waals surface area contributed by atoms with E-state index in [1.807, 2.05) is 6.92 Å². The molecule has 1 aliphatic rings. The van der Waals surface area contributed by atoms with E-state index in [4.69, 9.17) is 5.73 Å². The highest BCUT2D eigenvalue weighted by molar-refractivity contribution is 5.96. The van der Waals surface area contributed by atoms with Crippen molar-refractivity contribution in [2.24, 2.45) is 0 Å². The third-order valence-electron chi connectivity index (χ3n) is 3.71. The molecule has 0 aliphatic carbocycles. The summed E-state index contributed by atoms with van der Waals surface area (Å²) in [4.78, 5) is 14.2. The maximum atomic E-state index is 13.7. The van der Waals surface area contributed by atoms with Gasteiger partial charge >= 0.3 is 0 Å². The topological polar surface area (TPSA) is 46.3 Å². The van der Waals surface area contributed by atoms with Crippen LogP contribution in [-0.4, -0.2) is 22.9 Å². The highest BCUT2D eigenvalue weighted by Crippen LogP contribution is 2.28. The number of halogens is 1. The van der Waals surface area contributed by atoms with Crippen molar-refractivity contribution in [2.75, 3.05) is 5.73 Å². The van der Waals surface area contributed by atoms with Gasteiger partial charge in [-0.2, -0.15) is 0 Å². The molecule has 1 amide bonds. The van der Waals surface area contributed by atoms with Gasteiger partial charge in [-0.3, -0.25) is 4.79 Å². The number of benzene rings is 1. The maximum absolute atomic E-state index is 13.7. The summed E-state index contributed by atoms with van der Waals surface area (Å²) in [6.07, 6.45) is 2.88. The van der Waals surface area contributed by atoms with Crippen molar-refractivity contribution in [1.82, 2.24) is 4.90 Å². The molecule has 98 valence electrons. The summed E-state index contributed by atoms with van der Waals surface area (Å²) in [6.45, 7) is 4.07. The fraction of sp³-hybridized carbons (Fsp3) is 0.500. The molecular formula is C14H19FN2O. The molecule has 18 heavy (non-hydrogen) atoms. The van der Waals surface area contributed by atoms with Gasteiger partial charge in [0, 0.05) is 17.8 Å². The molecule has 1 fully saturated rings. The summed E-state index contributed by atoms with van der Waals surface area (Å²) in [6, 6.07) is 4.54. The molecule has 1 heterocycles. The second-order valence-electron chi connectivity index (χ2n) is 4.94. The number of carbonyl (C=O) groups excluding carboxylic acids is 1. The smallest absolute Gasteiger partial charge is 0.257 e. The number of carbonyl (C=O) groups is 1. The van der Waals surface area contributed by atoms with E-state index >= 15 is 0 Å². The van der Waals surface area contributed by atoms with Gasteiger partial charge in [-0.1, -0.05) is 6.92 Å². The number of hydrogen-bond donors (Lipinski definition) is 1. The van der Waals surface area contributed by atoms with Crippen LogP contribution < -0.4 is 5.73 Å². The van der Waals surface area contributed by atoms with E-state index in [0.29, 0.717) is 5.69 Å². The van der Waals surface area contributed by atoms with Crippen LogP contribution in [0.3, 0.4) is 0 Å². The van der Waals surface area contributed by atoms with Gasteiger partial charge in [0.2, 0.25) is 0 Å². The molecule has 0 radical (unpaired) electrons. The van der Waals surface area contributed by atoms with Crippen molar-refractivity contribution >= 4 is 11.6 Å². The van der Waals surface area contributed by atoms with E-state index in [9.17, 15) is 9.18 Å². The van der Waals surface area contributed by atoms with Crippen LogP contribution in [0.5, 0.6) is 0 Å². The molecule has 1 aromatic rings. The molecule has 2 unspecified atom stereocenters. The van der Waals surface area contributed by atoms with Crippen LogP contribution in [0, 0.1) is 5.82 Å². The van der Waals surface area contributed by atoms with Gasteiger partial charge in [0.25, 0.3) is 5.91 Å². The van der Waals surface area contributed by atoms with Crippen molar-refractivity contribution in [3.8, 4) is 0 Å². The predicted molar refractivity (Wildman–Crippen MR) is 69.8 cm³/mol. The van der Waals surface area contributed by atoms with E-state index in [0.717, 1.165) is 19.3 Å². The van der Waals surface area contributed by atoms with E-state index in [1.165, 1.54) is 18.2 Å². The Bertz CT molecular complexity index is 461. The molecule has 2 rings (SSSR count). The Morgan fingerprint density at radius 2 is 2.22 bits per heavy atom. The molecule has 2 N–H and O–H groups in total. The molecule has 4 heteroatoms. The minimum atomic E-state index is -0.497. The second kappa shape index (κ2) is 4.96. The molecule has 1 aliphatic heterocycles. The molecule has 1 saturated heterocycles. The molecule has 0 bridgehead atoms. The van der Waals surface area contributed by atoms with E-state index in [-0.39, 0.29) is 23.6 Å². The number of nitrogens with zero attached hydrogens (tertiary/aromatic N) is 1. The lowest BCUT2D eigenvalue weighted by Crippen LogP contribution is -2.40. The molecule has 2 atom stereocenters. The van der Waals surface area contributed by atoms with Crippen molar-refractivity contribution in [3.05, 3.63) is 29.6 Å². The van der Waals surface area contributed by atoms with Gasteiger partial charge in [0.1, 0.15) is 5.82 Å². The van der Waals surface area contributed by atoms with Crippen molar-refractivity contribution in [1.29, 1.82) is 0 Å². The zero-order chi connectivity index (χ0) is 13.3. The van der Waals surface area contributed by atoms with Gasteiger partial charge in [-0.25, -0.2) is 4.39 Å². The van der Waals surface area contributed by atoms with Gasteiger partial charge in [-0.15, -0.1) is 0 Å². The monoisotopic (exact) mass is 250 g/mol. The normalized spacial score (nSPS) is 23.4. The second-order valence-corrected chi connectivity index (χ2v) is 4.94. The van der Waals surface area contributed by atoms with Gasteiger partial charge < -0.3 is 10.6 Å². The molecule has 0 saturated carbocycles. The quantitative estimate of drug-likeness (QED) is 0.820. The first-order chi connectivity index (χ1) is 8.54. The van der Waals surface area contributed by atoms with Crippen LogP contribution in [0.25, 0.3) is 0 Å². The number of hydrogen-bond acceptors (Lipinski definition) is 2. The summed E-state index contributed by atoms with van der Waals surface area (Å²) < 4.78 is 13.7. The third-order valence-corrected chi connectivity index (χ3v) is 3.71. The fourth-order valence-corrected chi connectivity index (χ4v) is 2.68. The zero-order valence-electron chi connectivity index (χ0n) is 10.8. The average molecular weight is 250 g/mol. The van der Waals surface area contributed by atoms with Gasteiger partial charge in [0.05, 0.1) is 5.56 Å². The Kier molecular flexibility index (Phi) is 3.55. The first kappa shape index (κ1) is 12.9. The molecule has 3 nitrogen and oxygen atoms in total. The van der Waals surface area contributed by atoms with Crippen molar-refractivity contribution < 1.29 is 9.18 Å². The van der Waals surface area contributed by atoms with Crippen LogP contribution in [0.2, 0.25) is 0 Å². The largest absolute Gasteiger partial charge is 0.399 e. The zero-order valence-corrected chi connectivity index (χ0v) is 10.8. The van der Waals surface area contributed by atoms with Crippen LogP contribution in [-0.2, 0) is 0 Å². The van der Waals surface area contributed by atoms with E-state index in [1.54, 1.807) is 4.90 Å². The average Bonchev–Trinajstić information content (AvgIpc) is 2.72. The van der Waals surface area contributed by atoms with Crippen molar-refractivity contribution in [2.45, 2.75) is 45.2 Å². The highest BCUT2D eigenvalue weighted by atomic mass is 19.1. The SMILES string of the molecule is CCC1CCC(C)N1C(=O)c1cc(N)ccc1F. The molecule has 1 aromatic carbocycles. The first-order valence-corrected chi connectivity index (χ1v) is 6.42. The number of likely N-dealkylation sites (tertiary alicyclic amines) is 1. The minimum absolute atomic E-state index is 0.0854. The molecule has 0 spiro atoms. The van der Waals surface area contributed by atoms with Crippen LogP contribution >= 0.6 is 0 Å². The molecule has 0 aromatic heterocycles. The van der Waals surface area contributed by atoms with Gasteiger partial charge in [-0.05, 0) is 44.4 Å². The third kappa shape index (κ3) is 2.19. The maximum Gasteiger partial charge on any atom is 0.257 e. The van der Waals surface area contributed by atoms with Crippen LogP contribution in [0.4, 0.5) is 10.1 Å². The highest BCUT2D eigenvalue weighted by Gasteiger charge is 2.34. The Labute approximate surface area is 107 Å². The van der Waals surface area contributed by atoms with Gasteiger partial charge in [0.15, 0.2) is 0 Å². The number of nitrogens with two attached hydrogens (primary N) is 1. The fourth-order valence-electron chi connectivity index (χ4n) is 2.68. The van der Waals surface area contributed by atoms with Crippen molar-refractivity contribution in [3.63, 3.8) is 0 Å². The standard InChI is InChI=1S/C14H19FN2O/c1-3-11-6-4-9(2)17(11)14(18)12-8-10(16)5-7-13(12)15/h5,7-9,11H,3-4,6,16H2,1-2H3. The van der Waals surface area contributed by atoms with E-state index < -0.39 is 5.82 Å².